The Bertz CT molecular complexity index is 1020. The highest BCUT2D eigenvalue weighted by Gasteiger charge is 2.22. The number of carbonyl (C=O) groups excluding carboxylic acids is 1. The van der Waals surface area contributed by atoms with Gasteiger partial charge in [0.2, 0.25) is 9.84 Å². The van der Waals surface area contributed by atoms with Gasteiger partial charge in [0.05, 0.1) is 4.90 Å². The van der Waals surface area contributed by atoms with Crippen LogP contribution in [0.4, 0.5) is 18.9 Å². The first-order valence-corrected chi connectivity index (χ1v) is 8.93. The van der Waals surface area contributed by atoms with Crippen molar-refractivity contribution in [2.45, 2.75) is 11.1 Å². The summed E-state index contributed by atoms with van der Waals surface area (Å²) in [4.78, 5) is 12.3. The lowest BCUT2D eigenvalue weighted by molar-refractivity contribution is -0.0790. The Kier molecular flexibility index (Phi) is 4.45. The number of hydrogen-bond acceptors (Lipinski definition) is 3. The van der Waals surface area contributed by atoms with E-state index in [1.54, 1.807) is 12.1 Å². The lowest BCUT2D eigenvalue weighted by atomic mass is 10.1. The molecule has 2 aromatic rings. The van der Waals surface area contributed by atoms with Gasteiger partial charge in [0, 0.05) is 22.7 Å². The number of nitrogens with one attached hydrogen (secondary N) is 1. The molecule has 26 heavy (non-hydrogen) atoms. The van der Waals surface area contributed by atoms with Crippen molar-refractivity contribution in [3.8, 4) is 0 Å². The molecule has 0 aliphatic carbocycles. The quantitative estimate of drug-likeness (QED) is 0.866. The Morgan fingerprint density at radius 3 is 2.38 bits per heavy atom. The van der Waals surface area contributed by atoms with Gasteiger partial charge in [-0.15, -0.1) is 0 Å². The third-order valence-electron chi connectivity index (χ3n) is 3.64. The molecule has 0 aromatic heterocycles. The van der Waals surface area contributed by atoms with Crippen molar-refractivity contribution < 1.29 is 26.4 Å². The fraction of sp³-hybridized carbons (Fsp3) is 0.0556. The van der Waals surface area contributed by atoms with E-state index in [1.165, 1.54) is 36.4 Å². The zero-order chi connectivity index (χ0) is 18.9. The lowest BCUT2D eigenvalue weighted by Crippen LogP contribution is -2.12. The molecule has 2 aromatic carbocycles. The molecule has 0 fully saturated rings. The normalized spacial score (nSPS) is 15.2. The number of rotatable bonds is 3. The molecule has 134 valence electrons. The number of anilines is 1. The van der Waals surface area contributed by atoms with Crippen molar-refractivity contribution in [1.82, 2.24) is 0 Å². The molecule has 0 saturated heterocycles. The monoisotopic (exact) mass is 379 g/mol. The minimum atomic E-state index is -4.40. The van der Waals surface area contributed by atoms with E-state index in [1.807, 2.05) is 0 Å². The molecule has 0 unspecified atom stereocenters. The molecule has 3 rings (SSSR count). The number of alkyl halides is 3. The zero-order valence-corrected chi connectivity index (χ0v) is 13.9. The van der Waals surface area contributed by atoms with Crippen molar-refractivity contribution in [3.63, 3.8) is 0 Å². The molecule has 1 aliphatic heterocycles. The fourth-order valence-corrected chi connectivity index (χ4v) is 3.60. The highest BCUT2D eigenvalue weighted by atomic mass is 32.2. The fourth-order valence-electron chi connectivity index (χ4n) is 2.37. The van der Waals surface area contributed by atoms with Gasteiger partial charge in [0.25, 0.3) is 5.91 Å². The number of sulfone groups is 1. The first-order valence-electron chi connectivity index (χ1n) is 7.39. The highest BCUT2D eigenvalue weighted by molar-refractivity contribution is 7.94. The second-order valence-corrected chi connectivity index (χ2v) is 7.35. The Hall–Kier alpha value is -2.87. The molecule has 0 saturated carbocycles. The number of hydrogen-bond donors (Lipinski definition) is 1. The number of allylic oxidation sites excluding steroid dienone is 1. The van der Waals surface area contributed by atoms with Crippen LogP contribution in [0, 0.1) is 0 Å². The first-order chi connectivity index (χ1) is 12.1. The van der Waals surface area contributed by atoms with Gasteiger partial charge in [-0.05, 0) is 41.5 Å². The van der Waals surface area contributed by atoms with Crippen molar-refractivity contribution in [2.24, 2.45) is 0 Å². The SMILES string of the molecule is O=C(Nc1ccc2c(c1)S(=O)(=O)C=C2)c1ccc(/C=C/C(F)(F)F)cc1. The average Bonchev–Trinajstić information content (AvgIpc) is 2.88. The van der Waals surface area contributed by atoms with Gasteiger partial charge in [-0.2, -0.15) is 13.2 Å². The van der Waals surface area contributed by atoms with E-state index < -0.39 is 21.9 Å². The number of fused-ring (bicyclic) bond motifs is 1. The Morgan fingerprint density at radius 2 is 1.73 bits per heavy atom. The molecule has 8 heteroatoms. The van der Waals surface area contributed by atoms with Crippen LogP contribution in [0.15, 0.2) is 58.8 Å². The predicted octanol–water partition coefficient (Wildman–Crippen LogP) is 4.27. The molecule has 1 N–H and O–H groups in total. The molecule has 1 aliphatic rings. The van der Waals surface area contributed by atoms with Crippen LogP contribution in [-0.2, 0) is 9.84 Å². The van der Waals surface area contributed by atoms with Crippen LogP contribution in [0.2, 0.25) is 0 Å². The molecule has 0 bridgehead atoms. The molecule has 0 atom stereocenters. The molecular weight excluding hydrogens is 367 g/mol. The van der Waals surface area contributed by atoms with Crippen LogP contribution in [0.25, 0.3) is 12.2 Å². The molecule has 1 heterocycles. The highest BCUT2D eigenvalue weighted by Crippen LogP contribution is 2.29. The van der Waals surface area contributed by atoms with E-state index in [9.17, 15) is 26.4 Å². The van der Waals surface area contributed by atoms with E-state index in [0.29, 0.717) is 16.8 Å². The maximum atomic E-state index is 12.2. The molecular formula is C18H12F3NO3S. The zero-order valence-electron chi connectivity index (χ0n) is 13.1. The summed E-state index contributed by atoms with van der Waals surface area (Å²) in [5.74, 6) is -0.500. The maximum Gasteiger partial charge on any atom is 0.409 e. The summed E-state index contributed by atoms with van der Waals surface area (Å²) in [6.45, 7) is 0. The topological polar surface area (TPSA) is 63.2 Å². The summed E-state index contributed by atoms with van der Waals surface area (Å²) in [6.07, 6.45) is -1.91. The first kappa shape index (κ1) is 17.9. The van der Waals surface area contributed by atoms with Crippen molar-refractivity contribution in [3.05, 3.63) is 70.6 Å². The number of benzene rings is 2. The summed E-state index contributed by atoms with van der Waals surface area (Å²) in [6, 6.07) is 10.1. The molecule has 4 nitrogen and oxygen atoms in total. The summed E-state index contributed by atoms with van der Waals surface area (Å²) < 4.78 is 60.1. The Labute approximate surface area is 147 Å². The minimum absolute atomic E-state index is 0.112. The average molecular weight is 379 g/mol. The van der Waals surface area contributed by atoms with E-state index in [-0.39, 0.29) is 16.5 Å². The standard InChI is InChI=1S/C18H12F3NO3S/c19-18(20,21)9-7-12-1-3-14(4-2-12)17(23)22-15-6-5-13-8-10-26(24,25)16(13)11-15/h1-11H,(H,22,23)/b9-7+. The van der Waals surface area contributed by atoms with Crippen LogP contribution in [0.3, 0.4) is 0 Å². The third-order valence-corrected chi connectivity index (χ3v) is 5.10. The van der Waals surface area contributed by atoms with Gasteiger partial charge in [0.15, 0.2) is 0 Å². The van der Waals surface area contributed by atoms with Crippen LogP contribution < -0.4 is 5.32 Å². The number of amides is 1. The lowest BCUT2D eigenvalue weighted by Gasteiger charge is -2.07. The molecule has 0 spiro atoms. The van der Waals surface area contributed by atoms with Gasteiger partial charge in [-0.1, -0.05) is 24.3 Å². The van der Waals surface area contributed by atoms with E-state index in [4.69, 9.17) is 0 Å². The number of halogens is 3. The molecule has 1 amide bonds. The van der Waals surface area contributed by atoms with Crippen molar-refractivity contribution in [1.29, 1.82) is 0 Å². The van der Waals surface area contributed by atoms with Crippen LogP contribution in [0.1, 0.15) is 21.5 Å². The van der Waals surface area contributed by atoms with Gasteiger partial charge in [-0.3, -0.25) is 4.79 Å². The Balaban J connectivity index is 1.74. The van der Waals surface area contributed by atoms with Crippen LogP contribution >= 0.6 is 0 Å². The second-order valence-electron chi connectivity index (χ2n) is 5.55. The van der Waals surface area contributed by atoms with Crippen molar-refractivity contribution in [2.75, 3.05) is 5.32 Å². The summed E-state index contributed by atoms with van der Waals surface area (Å²) in [5, 5.41) is 3.67. The number of carbonyl (C=O) groups is 1. The van der Waals surface area contributed by atoms with Gasteiger partial charge in [-0.25, -0.2) is 8.42 Å². The summed E-state index contributed by atoms with van der Waals surface area (Å²) >= 11 is 0. The van der Waals surface area contributed by atoms with E-state index in [2.05, 4.69) is 5.32 Å². The minimum Gasteiger partial charge on any atom is -0.322 e. The Morgan fingerprint density at radius 1 is 1.04 bits per heavy atom. The largest absolute Gasteiger partial charge is 0.409 e. The van der Waals surface area contributed by atoms with Crippen LogP contribution in [-0.4, -0.2) is 20.5 Å². The molecule has 0 radical (unpaired) electrons. The summed E-state index contributed by atoms with van der Waals surface area (Å²) in [7, 11) is -3.48. The van der Waals surface area contributed by atoms with Crippen LogP contribution in [0.5, 0.6) is 0 Å². The second kappa shape index (κ2) is 6.45. The van der Waals surface area contributed by atoms with Gasteiger partial charge in [0.1, 0.15) is 0 Å². The summed E-state index contributed by atoms with van der Waals surface area (Å²) in [5.41, 5.74) is 1.38. The van der Waals surface area contributed by atoms with Crippen molar-refractivity contribution >= 4 is 33.6 Å². The van der Waals surface area contributed by atoms with Gasteiger partial charge < -0.3 is 5.32 Å². The smallest absolute Gasteiger partial charge is 0.322 e. The third kappa shape index (κ3) is 4.02. The van der Waals surface area contributed by atoms with Gasteiger partial charge >= 0.3 is 6.18 Å². The maximum absolute atomic E-state index is 12.2. The van der Waals surface area contributed by atoms with E-state index in [0.717, 1.165) is 11.5 Å². The predicted molar refractivity (Wildman–Crippen MR) is 92.1 cm³/mol. The van der Waals surface area contributed by atoms with E-state index >= 15 is 0 Å².